The Morgan fingerprint density at radius 2 is 1.91 bits per heavy atom. The number of amides is 2. The molecule has 0 radical (unpaired) electrons. The van der Waals surface area contributed by atoms with Gasteiger partial charge >= 0.3 is 6.03 Å². The number of hydrogen-bond acceptors (Lipinski definition) is 6. The van der Waals surface area contributed by atoms with Crippen LogP contribution in [0.2, 0.25) is 0 Å². The minimum Gasteiger partial charge on any atom is -0.333 e. The van der Waals surface area contributed by atoms with Crippen LogP contribution in [0, 0.1) is 0 Å². The largest absolute Gasteiger partial charge is 0.333 e. The Kier molecular flexibility index (Phi) is 5.32. The maximum Gasteiger partial charge on any atom is 0.319 e. The lowest BCUT2D eigenvalue weighted by Crippen LogP contribution is -2.28. The summed E-state index contributed by atoms with van der Waals surface area (Å²) in [4.78, 5) is 13.0. The normalized spacial score (nSPS) is 11.5. The summed E-state index contributed by atoms with van der Waals surface area (Å²) >= 11 is 1.26. The van der Waals surface area contributed by atoms with Gasteiger partial charge in [-0.3, -0.25) is 0 Å². The number of rotatable bonds is 5. The molecule has 2 N–H and O–H groups in total. The molecule has 23 heavy (non-hydrogen) atoms. The summed E-state index contributed by atoms with van der Waals surface area (Å²) in [5.74, 6) is 0.247. The summed E-state index contributed by atoms with van der Waals surface area (Å²) in [7, 11) is -3.24. The molecule has 7 nitrogen and oxygen atoms in total. The third-order valence-electron chi connectivity index (χ3n) is 3.08. The van der Waals surface area contributed by atoms with Gasteiger partial charge in [-0.05, 0) is 41.7 Å². The van der Waals surface area contributed by atoms with Crippen molar-refractivity contribution in [1.82, 2.24) is 14.9 Å². The van der Waals surface area contributed by atoms with E-state index in [2.05, 4.69) is 20.2 Å². The fraction of sp³-hybridized carbons (Fsp3) is 0.357. The minimum absolute atomic E-state index is 0.209. The predicted octanol–water partition coefficient (Wildman–Crippen LogP) is 2.39. The molecule has 124 valence electrons. The number of carbonyl (C=O) groups is 1. The fourth-order valence-electron chi connectivity index (χ4n) is 1.90. The lowest BCUT2D eigenvalue weighted by atomic mass is 10.1. The molecule has 0 spiro atoms. The highest BCUT2D eigenvalue weighted by molar-refractivity contribution is 7.90. The van der Waals surface area contributed by atoms with Crippen LogP contribution in [0.25, 0.3) is 0 Å². The molecule has 1 heterocycles. The van der Waals surface area contributed by atoms with Gasteiger partial charge in [-0.2, -0.15) is 0 Å². The van der Waals surface area contributed by atoms with Crippen molar-refractivity contribution in [3.8, 4) is 0 Å². The molecule has 9 heteroatoms. The van der Waals surface area contributed by atoms with Gasteiger partial charge in [0, 0.05) is 11.9 Å². The van der Waals surface area contributed by atoms with E-state index in [4.69, 9.17) is 0 Å². The summed E-state index contributed by atoms with van der Waals surface area (Å²) in [5, 5.41) is 9.44. The average Bonchev–Trinajstić information content (AvgIpc) is 2.93. The molecule has 2 aromatic rings. The van der Waals surface area contributed by atoms with Crippen molar-refractivity contribution in [2.24, 2.45) is 0 Å². The van der Waals surface area contributed by atoms with E-state index in [0.29, 0.717) is 12.2 Å². The van der Waals surface area contributed by atoms with Crippen LogP contribution in [-0.4, -0.2) is 30.3 Å². The lowest BCUT2D eigenvalue weighted by Gasteiger charge is -2.08. The molecule has 0 bridgehead atoms. The van der Waals surface area contributed by atoms with Crippen molar-refractivity contribution in [3.05, 3.63) is 34.8 Å². The smallest absolute Gasteiger partial charge is 0.319 e. The second-order valence-electron chi connectivity index (χ2n) is 5.34. The third-order valence-corrected chi connectivity index (χ3v) is 4.95. The first-order valence-electron chi connectivity index (χ1n) is 6.93. The third kappa shape index (κ3) is 4.73. The van der Waals surface area contributed by atoms with Crippen LogP contribution in [0.15, 0.2) is 29.2 Å². The Balaban J connectivity index is 1.93. The maximum absolute atomic E-state index is 11.9. The maximum atomic E-state index is 11.9. The van der Waals surface area contributed by atoms with Gasteiger partial charge in [-0.1, -0.05) is 18.3 Å². The van der Waals surface area contributed by atoms with E-state index >= 15 is 0 Å². The summed E-state index contributed by atoms with van der Waals surface area (Å²) < 4.78 is 26.7. The van der Waals surface area contributed by atoms with E-state index in [1.807, 2.05) is 13.8 Å². The van der Waals surface area contributed by atoms with Gasteiger partial charge in [-0.15, -0.1) is 5.10 Å². The number of aromatic nitrogens is 2. The molecular formula is C14H18N4O3S2. The number of nitrogens with zero attached hydrogens (tertiary/aromatic N) is 2. The number of carbonyl (C=O) groups excluding carboxylic acids is 1. The van der Waals surface area contributed by atoms with Crippen molar-refractivity contribution in [3.63, 3.8) is 0 Å². The molecule has 0 fully saturated rings. The van der Waals surface area contributed by atoms with Crippen molar-refractivity contribution >= 4 is 33.1 Å². The molecule has 1 aromatic heterocycles. The summed E-state index contributed by atoms with van der Waals surface area (Å²) in [6.45, 7) is 4.38. The zero-order chi connectivity index (χ0) is 17.0. The van der Waals surface area contributed by atoms with Gasteiger partial charge in [0.25, 0.3) is 0 Å². The Morgan fingerprint density at radius 1 is 1.26 bits per heavy atom. The molecule has 2 rings (SSSR count). The Bertz CT molecular complexity index is 783. The average molecular weight is 354 g/mol. The van der Waals surface area contributed by atoms with Gasteiger partial charge in [0.15, 0.2) is 9.84 Å². The first kappa shape index (κ1) is 17.4. The molecular weight excluding hydrogens is 336 g/mol. The highest BCUT2D eigenvalue weighted by Crippen LogP contribution is 2.19. The summed E-state index contributed by atoms with van der Waals surface area (Å²) in [6.07, 6.45) is 1.14. The summed E-state index contributed by atoms with van der Waals surface area (Å²) in [6, 6.07) is 5.62. The fourth-order valence-corrected chi connectivity index (χ4v) is 3.26. The second-order valence-corrected chi connectivity index (χ2v) is 8.19. The zero-order valence-corrected chi connectivity index (χ0v) is 14.7. The Hall–Kier alpha value is -2.00. The van der Waals surface area contributed by atoms with Gasteiger partial charge in [-0.25, -0.2) is 13.2 Å². The van der Waals surface area contributed by atoms with E-state index in [-0.39, 0.29) is 16.8 Å². The molecule has 0 aliphatic carbocycles. The van der Waals surface area contributed by atoms with Gasteiger partial charge in [0.1, 0.15) is 0 Å². The highest BCUT2D eigenvalue weighted by atomic mass is 32.2. The van der Waals surface area contributed by atoms with E-state index in [1.54, 1.807) is 12.1 Å². The second kappa shape index (κ2) is 7.05. The van der Waals surface area contributed by atoms with Crippen LogP contribution in [0.4, 0.5) is 10.5 Å². The van der Waals surface area contributed by atoms with Crippen LogP contribution in [-0.2, 0) is 16.4 Å². The number of hydrogen-bond donors (Lipinski definition) is 2. The predicted molar refractivity (Wildman–Crippen MR) is 89.4 cm³/mol. The van der Waals surface area contributed by atoms with Crippen molar-refractivity contribution < 1.29 is 13.2 Å². The first-order chi connectivity index (χ1) is 10.8. The zero-order valence-electron chi connectivity index (χ0n) is 13.0. The monoisotopic (exact) mass is 354 g/mol. The number of nitrogens with one attached hydrogen (secondary N) is 2. The number of anilines is 1. The van der Waals surface area contributed by atoms with Gasteiger partial charge in [0.05, 0.1) is 22.0 Å². The highest BCUT2D eigenvalue weighted by Gasteiger charge is 2.13. The SMILES string of the molecule is CC(C)c1nnsc1CNC(=O)Nc1ccc(S(C)(=O)=O)cc1. The van der Waals surface area contributed by atoms with Crippen LogP contribution >= 0.6 is 11.5 Å². The molecule has 0 saturated carbocycles. The lowest BCUT2D eigenvalue weighted by molar-refractivity contribution is 0.252. The van der Waals surface area contributed by atoms with Crippen LogP contribution < -0.4 is 10.6 Å². The summed E-state index contributed by atoms with van der Waals surface area (Å²) in [5.41, 5.74) is 1.40. The number of urea groups is 1. The molecule has 0 saturated heterocycles. The van der Waals surface area contributed by atoms with Crippen molar-refractivity contribution in [1.29, 1.82) is 0 Å². The number of sulfone groups is 1. The van der Waals surface area contributed by atoms with Gasteiger partial charge < -0.3 is 10.6 Å². The van der Waals surface area contributed by atoms with Crippen LogP contribution in [0.1, 0.15) is 30.3 Å². The van der Waals surface area contributed by atoms with E-state index < -0.39 is 9.84 Å². The van der Waals surface area contributed by atoms with Crippen LogP contribution in [0.5, 0.6) is 0 Å². The Labute approximate surface area is 139 Å². The minimum atomic E-state index is -3.24. The molecule has 0 atom stereocenters. The quantitative estimate of drug-likeness (QED) is 0.858. The molecule has 0 aliphatic rings. The van der Waals surface area contributed by atoms with Crippen molar-refractivity contribution in [2.75, 3.05) is 11.6 Å². The van der Waals surface area contributed by atoms with E-state index in [1.165, 1.54) is 23.7 Å². The molecule has 2 amide bonds. The van der Waals surface area contributed by atoms with Crippen molar-refractivity contribution in [2.45, 2.75) is 31.2 Å². The van der Waals surface area contributed by atoms with Gasteiger partial charge in [0.2, 0.25) is 0 Å². The molecule has 0 aliphatic heterocycles. The number of benzene rings is 1. The topological polar surface area (TPSA) is 101 Å². The molecule has 0 unspecified atom stereocenters. The van der Waals surface area contributed by atoms with E-state index in [9.17, 15) is 13.2 Å². The van der Waals surface area contributed by atoms with E-state index in [0.717, 1.165) is 16.8 Å². The Morgan fingerprint density at radius 3 is 2.48 bits per heavy atom. The molecule has 1 aromatic carbocycles. The van der Waals surface area contributed by atoms with Crippen LogP contribution in [0.3, 0.4) is 0 Å². The first-order valence-corrected chi connectivity index (χ1v) is 9.60. The standard InChI is InChI=1S/C14H18N4O3S2/c1-9(2)13-12(22-18-17-13)8-15-14(19)16-10-4-6-11(7-5-10)23(3,20)21/h4-7,9H,8H2,1-3H3,(H2,15,16,19).